The number of hydrogen-bond acceptors (Lipinski definition) is 5. The van der Waals surface area contributed by atoms with Crippen molar-refractivity contribution in [2.75, 3.05) is 38.1 Å². The Kier molecular flexibility index (Phi) is 10.4. The Hall–Kier alpha value is -3.30. The van der Waals surface area contributed by atoms with Gasteiger partial charge in [0.1, 0.15) is 5.82 Å². The molecule has 10 heteroatoms. The predicted molar refractivity (Wildman–Crippen MR) is 145 cm³/mol. The minimum Gasteiger partial charge on any atom is -0.339 e. The van der Waals surface area contributed by atoms with E-state index in [4.69, 9.17) is 0 Å². The number of nitrogens with zero attached hydrogens (tertiary/aromatic N) is 6. The van der Waals surface area contributed by atoms with Crippen LogP contribution in [0, 0.1) is 18.7 Å². The molecular formula is C28H37F3N6O. The molecule has 2 aliphatic rings. The van der Waals surface area contributed by atoms with E-state index in [2.05, 4.69) is 24.9 Å². The molecule has 2 fully saturated rings. The molecule has 1 saturated heterocycles. The summed E-state index contributed by atoms with van der Waals surface area (Å²) in [5.74, 6) is -1.24. The molecule has 206 valence electrons. The number of aromatic nitrogens is 2. The van der Waals surface area contributed by atoms with Gasteiger partial charge in [-0.15, -0.1) is 0 Å². The number of carbonyl (C=O) groups excluding carboxylic acids is 1. The van der Waals surface area contributed by atoms with Crippen LogP contribution in [0.5, 0.6) is 0 Å². The van der Waals surface area contributed by atoms with Crippen LogP contribution in [0.4, 0.5) is 19.1 Å². The first-order valence-electron chi connectivity index (χ1n) is 13.1. The van der Waals surface area contributed by atoms with Crippen LogP contribution in [-0.4, -0.2) is 71.5 Å². The molecule has 0 bridgehead atoms. The molecule has 1 aliphatic heterocycles. The van der Waals surface area contributed by atoms with Crippen LogP contribution in [0.2, 0.25) is 0 Å². The molecule has 0 radical (unpaired) electrons. The van der Waals surface area contributed by atoms with E-state index in [-0.39, 0.29) is 30.5 Å². The first-order chi connectivity index (χ1) is 18.1. The molecule has 4 rings (SSSR count). The number of hydrogen-bond donors (Lipinski definition) is 0. The summed E-state index contributed by atoms with van der Waals surface area (Å²) in [6, 6.07) is 6.53. The normalized spacial score (nSPS) is 18.6. The lowest BCUT2D eigenvalue weighted by molar-refractivity contribution is -0.131. The monoisotopic (exact) mass is 530 g/mol. The van der Waals surface area contributed by atoms with Gasteiger partial charge in [0.2, 0.25) is 17.8 Å². The average molecular weight is 531 g/mol. The van der Waals surface area contributed by atoms with Crippen molar-refractivity contribution >= 4 is 23.4 Å². The Morgan fingerprint density at radius 3 is 2.29 bits per heavy atom. The summed E-state index contributed by atoms with van der Waals surface area (Å²) in [6.45, 7) is 8.61. The molecule has 7 nitrogen and oxygen atoms in total. The topological polar surface area (TPSA) is 74.1 Å². The van der Waals surface area contributed by atoms with Gasteiger partial charge in [0, 0.05) is 76.2 Å². The number of piperazine rings is 1. The van der Waals surface area contributed by atoms with Crippen LogP contribution in [0.1, 0.15) is 57.1 Å². The number of halogens is 3. The fourth-order valence-corrected chi connectivity index (χ4v) is 4.58. The van der Waals surface area contributed by atoms with E-state index in [1.54, 1.807) is 44.6 Å². The molecule has 1 saturated carbocycles. The molecule has 0 spiro atoms. The van der Waals surface area contributed by atoms with Gasteiger partial charge in [-0.1, -0.05) is 6.92 Å². The Bertz CT molecular complexity index is 1120. The van der Waals surface area contributed by atoms with Crippen molar-refractivity contribution in [1.82, 2.24) is 14.9 Å². The predicted octanol–water partition coefficient (Wildman–Crippen LogP) is 5.33. The largest absolute Gasteiger partial charge is 0.339 e. The molecule has 0 N–H and O–H groups in total. The number of benzene rings is 1. The molecule has 0 unspecified atom stereocenters. The van der Waals surface area contributed by atoms with Crippen LogP contribution in [0.25, 0.3) is 0 Å². The van der Waals surface area contributed by atoms with Crippen LogP contribution < -0.4 is 4.90 Å². The number of alkyl halides is 2. The molecule has 2 heterocycles. The maximum Gasteiger partial charge on any atom is 0.248 e. The van der Waals surface area contributed by atoms with Crippen molar-refractivity contribution in [2.45, 2.75) is 58.8 Å². The van der Waals surface area contributed by atoms with E-state index in [1.165, 1.54) is 6.07 Å². The minimum atomic E-state index is -2.54. The summed E-state index contributed by atoms with van der Waals surface area (Å²) >= 11 is 0. The third-order valence-electron chi connectivity index (χ3n) is 6.99. The fourth-order valence-electron chi connectivity index (χ4n) is 4.58. The lowest BCUT2D eigenvalue weighted by Gasteiger charge is -2.34. The summed E-state index contributed by atoms with van der Waals surface area (Å²) in [5, 5.41) is 0. The van der Waals surface area contributed by atoms with Gasteiger partial charge in [0.05, 0.1) is 0 Å². The van der Waals surface area contributed by atoms with Crippen molar-refractivity contribution in [3.8, 4) is 0 Å². The summed E-state index contributed by atoms with van der Waals surface area (Å²) < 4.78 is 39.8. The fraction of sp³-hybridized carbons (Fsp3) is 0.536. The SMILES string of the molecule is CCC(=O)N1CCN(c2ncccn2)CC1.CN=C(N=C(C)C1CCC(F)(F)CC1)c1ccc(F)c(C)c1. The van der Waals surface area contributed by atoms with E-state index in [0.717, 1.165) is 43.4 Å². The first-order valence-corrected chi connectivity index (χ1v) is 13.1. The van der Waals surface area contributed by atoms with Crippen molar-refractivity contribution in [3.05, 3.63) is 53.6 Å². The van der Waals surface area contributed by atoms with Crippen molar-refractivity contribution < 1.29 is 18.0 Å². The zero-order valence-corrected chi connectivity index (χ0v) is 22.6. The van der Waals surface area contributed by atoms with Crippen molar-refractivity contribution in [3.63, 3.8) is 0 Å². The van der Waals surface area contributed by atoms with Gasteiger partial charge in [-0.05, 0) is 62.4 Å². The molecule has 1 aliphatic carbocycles. The van der Waals surface area contributed by atoms with E-state index < -0.39 is 5.92 Å². The standard InChI is InChI=1S/C17H21F3N2.C11H16N4O/c1-11-10-14(4-5-15(11)18)16(21-3)22-12(2)13-6-8-17(19,20)9-7-13;1-2-10(16)14-6-8-15(9-7-14)11-12-4-3-5-13-11/h4-5,10,13H,6-9H2,1-3H3;3-5H,2,6-9H2,1H3. The number of rotatable bonds is 4. The second-order valence-corrected chi connectivity index (χ2v) is 9.66. The highest BCUT2D eigenvalue weighted by Crippen LogP contribution is 2.36. The number of amides is 1. The van der Waals surface area contributed by atoms with Crippen LogP contribution in [-0.2, 0) is 4.79 Å². The molecule has 0 atom stereocenters. The molecule has 2 aromatic rings. The number of aryl methyl sites for hydroxylation is 1. The quantitative estimate of drug-likeness (QED) is 0.396. The smallest absolute Gasteiger partial charge is 0.248 e. The van der Waals surface area contributed by atoms with E-state index in [1.807, 2.05) is 18.7 Å². The highest BCUT2D eigenvalue weighted by atomic mass is 19.3. The van der Waals surface area contributed by atoms with Gasteiger partial charge >= 0.3 is 0 Å². The Balaban J connectivity index is 0.000000221. The Labute approximate surface area is 222 Å². The summed E-state index contributed by atoms with van der Waals surface area (Å²) in [4.78, 5) is 32.6. The second kappa shape index (κ2) is 13.5. The third kappa shape index (κ3) is 8.10. The number of aliphatic imine (C=N–C) groups is 2. The molecule has 1 amide bonds. The zero-order chi connectivity index (χ0) is 27.7. The molecule has 1 aromatic heterocycles. The lowest BCUT2D eigenvalue weighted by atomic mass is 9.84. The summed E-state index contributed by atoms with van der Waals surface area (Å²) in [6.07, 6.45) is 4.79. The maximum atomic E-state index is 13.3. The van der Waals surface area contributed by atoms with Gasteiger partial charge in [-0.25, -0.2) is 28.1 Å². The molecule has 38 heavy (non-hydrogen) atoms. The maximum absolute atomic E-state index is 13.3. The van der Waals surface area contributed by atoms with E-state index >= 15 is 0 Å². The highest BCUT2D eigenvalue weighted by Gasteiger charge is 2.35. The number of anilines is 1. The lowest BCUT2D eigenvalue weighted by Crippen LogP contribution is -2.49. The second-order valence-electron chi connectivity index (χ2n) is 9.66. The highest BCUT2D eigenvalue weighted by molar-refractivity contribution is 6.07. The van der Waals surface area contributed by atoms with Crippen LogP contribution in [0.3, 0.4) is 0 Å². The average Bonchev–Trinajstić information content (AvgIpc) is 2.93. The van der Waals surface area contributed by atoms with Gasteiger partial charge in [-0.3, -0.25) is 9.79 Å². The first kappa shape index (κ1) is 29.3. The van der Waals surface area contributed by atoms with Crippen molar-refractivity contribution in [1.29, 1.82) is 0 Å². The summed E-state index contributed by atoms with van der Waals surface area (Å²) in [5.41, 5.74) is 2.09. The van der Waals surface area contributed by atoms with Gasteiger partial charge < -0.3 is 9.80 Å². The zero-order valence-electron chi connectivity index (χ0n) is 22.6. The van der Waals surface area contributed by atoms with E-state index in [0.29, 0.717) is 30.7 Å². The van der Waals surface area contributed by atoms with Gasteiger partial charge in [0.15, 0.2) is 5.84 Å². The minimum absolute atomic E-state index is 0.0675. The van der Waals surface area contributed by atoms with Gasteiger partial charge in [0.25, 0.3) is 0 Å². The van der Waals surface area contributed by atoms with E-state index in [9.17, 15) is 18.0 Å². The Morgan fingerprint density at radius 1 is 1.11 bits per heavy atom. The van der Waals surface area contributed by atoms with Crippen molar-refractivity contribution in [2.24, 2.45) is 15.9 Å². The Morgan fingerprint density at radius 2 is 1.74 bits per heavy atom. The van der Waals surface area contributed by atoms with Gasteiger partial charge in [-0.2, -0.15) is 0 Å². The number of carbonyl (C=O) groups is 1. The molecular weight excluding hydrogens is 493 g/mol. The summed E-state index contributed by atoms with van der Waals surface area (Å²) in [7, 11) is 1.62. The van der Waals surface area contributed by atoms with Crippen LogP contribution in [0.15, 0.2) is 46.6 Å². The number of amidine groups is 1. The third-order valence-corrected chi connectivity index (χ3v) is 6.99. The van der Waals surface area contributed by atoms with Crippen LogP contribution >= 0.6 is 0 Å². The molecule has 1 aromatic carbocycles.